The van der Waals surface area contributed by atoms with Crippen LogP contribution in [-0.4, -0.2) is 53.0 Å². The Labute approximate surface area is 176 Å². The lowest BCUT2D eigenvalue weighted by Crippen LogP contribution is -2.46. The van der Waals surface area contributed by atoms with E-state index in [0.29, 0.717) is 30.8 Å². The van der Waals surface area contributed by atoms with E-state index in [9.17, 15) is 17.6 Å². The average molecular weight is 437 g/mol. The van der Waals surface area contributed by atoms with E-state index in [2.05, 4.69) is 0 Å². The monoisotopic (exact) mass is 436 g/mol. The number of ether oxygens (including phenoxy) is 2. The quantitative estimate of drug-likeness (QED) is 0.696. The van der Waals surface area contributed by atoms with Gasteiger partial charge in [0, 0.05) is 31.9 Å². The van der Waals surface area contributed by atoms with Gasteiger partial charge in [0.05, 0.1) is 20.1 Å². The van der Waals surface area contributed by atoms with Crippen LogP contribution in [0, 0.1) is 11.7 Å². The van der Waals surface area contributed by atoms with E-state index in [4.69, 9.17) is 9.47 Å². The van der Waals surface area contributed by atoms with E-state index in [1.807, 2.05) is 0 Å². The topological polar surface area (TPSA) is 76.1 Å². The first-order valence-corrected chi connectivity index (χ1v) is 11.0. The van der Waals surface area contributed by atoms with Crippen molar-refractivity contribution in [2.75, 3.05) is 39.3 Å². The number of sulfonamides is 1. The van der Waals surface area contributed by atoms with Crippen LogP contribution in [0.5, 0.6) is 11.5 Å². The normalized spacial score (nSPS) is 17.4. The number of hydrogen-bond acceptors (Lipinski definition) is 5. The fourth-order valence-electron chi connectivity index (χ4n) is 3.55. The van der Waals surface area contributed by atoms with Gasteiger partial charge in [0.15, 0.2) is 0 Å². The third-order valence-electron chi connectivity index (χ3n) is 5.27. The van der Waals surface area contributed by atoms with Crippen LogP contribution in [0.25, 0.3) is 0 Å². The number of amides is 1. The summed E-state index contributed by atoms with van der Waals surface area (Å²) >= 11 is 0. The Morgan fingerprint density at radius 3 is 2.47 bits per heavy atom. The molecule has 1 unspecified atom stereocenters. The number of carbonyl (C=O) groups excluding carboxylic acids is 1. The summed E-state index contributed by atoms with van der Waals surface area (Å²) < 4.78 is 51.5. The van der Waals surface area contributed by atoms with Crippen molar-refractivity contribution in [3.63, 3.8) is 0 Å². The van der Waals surface area contributed by atoms with E-state index >= 15 is 0 Å². The highest BCUT2D eigenvalue weighted by molar-refractivity contribution is 7.89. The molecule has 2 aromatic rings. The van der Waals surface area contributed by atoms with Gasteiger partial charge in [-0.15, -0.1) is 0 Å². The summed E-state index contributed by atoms with van der Waals surface area (Å²) in [5.41, 5.74) is 0.552. The molecule has 30 heavy (non-hydrogen) atoms. The number of methoxy groups -OCH3 is 2. The number of piperidine rings is 1. The molecule has 0 aromatic heterocycles. The zero-order valence-corrected chi connectivity index (χ0v) is 18.0. The number of anilines is 1. The van der Waals surface area contributed by atoms with Gasteiger partial charge in [-0.2, -0.15) is 4.31 Å². The fourth-order valence-corrected chi connectivity index (χ4v) is 5.25. The number of hydrogen-bond donors (Lipinski definition) is 0. The van der Waals surface area contributed by atoms with Crippen molar-refractivity contribution in [1.29, 1.82) is 0 Å². The molecule has 0 N–H and O–H groups in total. The van der Waals surface area contributed by atoms with E-state index in [1.165, 1.54) is 53.8 Å². The second kappa shape index (κ2) is 9.01. The smallest absolute Gasteiger partial charge is 0.246 e. The lowest BCUT2D eigenvalue weighted by atomic mass is 9.98. The standard InChI is InChI=1S/C21H25FN2O5S/c1-23(17-8-6-16(22)7-9-17)21(25)15-5-4-12-24(14-15)30(26,27)20-13-18(28-2)10-11-19(20)29-3/h6-11,13,15H,4-5,12,14H2,1-3H3. The molecule has 0 bridgehead atoms. The van der Waals surface area contributed by atoms with Gasteiger partial charge in [0.25, 0.3) is 0 Å². The first-order chi connectivity index (χ1) is 14.3. The Kier molecular flexibility index (Phi) is 6.62. The van der Waals surface area contributed by atoms with Crippen LogP contribution in [0.3, 0.4) is 0 Å². The Morgan fingerprint density at radius 1 is 1.13 bits per heavy atom. The molecule has 1 saturated heterocycles. The maximum absolute atomic E-state index is 13.3. The molecule has 1 aliphatic rings. The molecule has 2 aromatic carbocycles. The van der Waals surface area contributed by atoms with Gasteiger partial charge in [0.2, 0.25) is 15.9 Å². The minimum Gasteiger partial charge on any atom is -0.497 e. The highest BCUT2D eigenvalue weighted by Crippen LogP contribution is 2.33. The van der Waals surface area contributed by atoms with Crippen LogP contribution in [0.15, 0.2) is 47.4 Å². The number of benzene rings is 2. The van der Waals surface area contributed by atoms with Gasteiger partial charge < -0.3 is 14.4 Å². The van der Waals surface area contributed by atoms with Gasteiger partial charge in [-0.25, -0.2) is 12.8 Å². The van der Waals surface area contributed by atoms with Crippen molar-refractivity contribution in [2.45, 2.75) is 17.7 Å². The summed E-state index contributed by atoms with van der Waals surface area (Å²) in [7, 11) is 0.575. The molecule has 0 radical (unpaired) electrons. The molecule has 1 aliphatic heterocycles. The second-order valence-electron chi connectivity index (χ2n) is 7.09. The number of rotatable bonds is 6. The molecule has 162 valence electrons. The molecule has 1 atom stereocenters. The molecular weight excluding hydrogens is 411 g/mol. The number of nitrogens with zero attached hydrogens (tertiary/aromatic N) is 2. The summed E-state index contributed by atoms with van der Waals surface area (Å²) in [4.78, 5) is 14.4. The Balaban J connectivity index is 1.83. The highest BCUT2D eigenvalue weighted by Gasteiger charge is 2.36. The zero-order valence-electron chi connectivity index (χ0n) is 17.2. The second-order valence-corrected chi connectivity index (χ2v) is 9.00. The summed E-state index contributed by atoms with van der Waals surface area (Å²) in [5, 5.41) is 0. The number of carbonyl (C=O) groups is 1. The van der Waals surface area contributed by atoms with Gasteiger partial charge >= 0.3 is 0 Å². The molecule has 1 amide bonds. The van der Waals surface area contributed by atoms with Crippen LogP contribution in [-0.2, 0) is 14.8 Å². The summed E-state index contributed by atoms with van der Waals surface area (Å²) in [6, 6.07) is 10.2. The lowest BCUT2D eigenvalue weighted by molar-refractivity contribution is -0.123. The van der Waals surface area contributed by atoms with Crippen molar-refractivity contribution in [3.8, 4) is 11.5 Å². The van der Waals surface area contributed by atoms with Crippen LogP contribution < -0.4 is 14.4 Å². The van der Waals surface area contributed by atoms with Crippen LogP contribution in [0.4, 0.5) is 10.1 Å². The molecular formula is C21H25FN2O5S. The van der Waals surface area contributed by atoms with Gasteiger partial charge in [-0.3, -0.25) is 4.79 Å². The highest BCUT2D eigenvalue weighted by atomic mass is 32.2. The molecule has 0 aliphatic carbocycles. The first-order valence-electron chi connectivity index (χ1n) is 9.53. The number of halogens is 1. The van der Waals surface area contributed by atoms with Crippen LogP contribution in [0.1, 0.15) is 12.8 Å². The SMILES string of the molecule is COc1ccc(OC)c(S(=O)(=O)N2CCCC(C(=O)N(C)c3ccc(F)cc3)C2)c1. The Bertz CT molecular complexity index is 1010. The lowest BCUT2D eigenvalue weighted by Gasteiger charge is -2.33. The molecule has 0 saturated carbocycles. The van der Waals surface area contributed by atoms with E-state index in [-0.39, 0.29) is 28.9 Å². The van der Waals surface area contributed by atoms with Gasteiger partial charge in [0.1, 0.15) is 22.2 Å². The van der Waals surface area contributed by atoms with E-state index in [1.54, 1.807) is 19.2 Å². The van der Waals surface area contributed by atoms with Crippen molar-refractivity contribution in [3.05, 3.63) is 48.3 Å². The van der Waals surface area contributed by atoms with Crippen molar-refractivity contribution in [2.24, 2.45) is 5.92 Å². The van der Waals surface area contributed by atoms with Gasteiger partial charge in [-0.05, 0) is 49.2 Å². The average Bonchev–Trinajstić information content (AvgIpc) is 2.78. The van der Waals surface area contributed by atoms with E-state index in [0.717, 1.165) is 0 Å². The Hall–Kier alpha value is -2.65. The largest absolute Gasteiger partial charge is 0.497 e. The van der Waals surface area contributed by atoms with Crippen molar-refractivity contribution < 1.29 is 27.1 Å². The maximum Gasteiger partial charge on any atom is 0.246 e. The van der Waals surface area contributed by atoms with Crippen molar-refractivity contribution in [1.82, 2.24) is 4.31 Å². The summed E-state index contributed by atoms with van der Waals surface area (Å²) in [5.74, 6) is -0.483. The minimum absolute atomic E-state index is 0.00402. The first kappa shape index (κ1) is 22.0. The molecule has 0 spiro atoms. The predicted octanol–water partition coefficient (Wildman–Crippen LogP) is 2.91. The zero-order chi connectivity index (χ0) is 21.9. The van der Waals surface area contributed by atoms with Crippen LogP contribution >= 0.6 is 0 Å². The van der Waals surface area contributed by atoms with Crippen LogP contribution in [0.2, 0.25) is 0 Å². The predicted molar refractivity (Wildman–Crippen MR) is 111 cm³/mol. The fraction of sp³-hybridized carbons (Fsp3) is 0.381. The molecule has 9 heteroatoms. The molecule has 1 fully saturated rings. The third-order valence-corrected chi connectivity index (χ3v) is 7.15. The van der Waals surface area contributed by atoms with Gasteiger partial charge in [-0.1, -0.05) is 0 Å². The summed E-state index contributed by atoms with van der Waals surface area (Å²) in [6.07, 6.45) is 1.13. The molecule has 7 nitrogen and oxygen atoms in total. The van der Waals surface area contributed by atoms with Crippen molar-refractivity contribution >= 4 is 21.6 Å². The molecule has 1 heterocycles. The van der Waals surface area contributed by atoms with E-state index < -0.39 is 15.9 Å². The summed E-state index contributed by atoms with van der Waals surface area (Å²) in [6.45, 7) is 0.375. The third kappa shape index (κ3) is 4.41. The maximum atomic E-state index is 13.3. The minimum atomic E-state index is -3.89. The molecule has 3 rings (SSSR count). The Morgan fingerprint density at radius 2 is 1.83 bits per heavy atom.